The Hall–Kier alpha value is -2.91. The number of hydrogen-bond acceptors (Lipinski definition) is 6. The molecule has 1 aromatic carbocycles. The van der Waals surface area contributed by atoms with Gasteiger partial charge in [-0.05, 0) is 44.3 Å². The molecule has 178 valence electrons. The van der Waals surface area contributed by atoms with E-state index in [1.165, 1.54) is 4.31 Å². The third-order valence-corrected chi connectivity index (χ3v) is 6.66. The minimum absolute atomic E-state index is 0.0680. The van der Waals surface area contributed by atoms with E-state index in [4.69, 9.17) is 9.84 Å². The fourth-order valence-electron chi connectivity index (χ4n) is 3.83. The van der Waals surface area contributed by atoms with Crippen molar-refractivity contribution in [1.82, 2.24) is 9.62 Å². The minimum atomic E-state index is -3.61. The van der Waals surface area contributed by atoms with Crippen LogP contribution in [0.5, 0.6) is 0 Å². The van der Waals surface area contributed by atoms with Crippen LogP contribution in [0.3, 0.4) is 0 Å². The maximum absolute atomic E-state index is 12.8. The Kier molecular flexibility index (Phi) is 7.76. The third kappa shape index (κ3) is 5.72. The van der Waals surface area contributed by atoms with Crippen LogP contribution in [-0.4, -0.2) is 56.1 Å². The van der Waals surface area contributed by atoms with Crippen LogP contribution < -0.4 is 5.32 Å². The van der Waals surface area contributed by atoms with Crippen molar-refractivity contribution < 1.29 is 23.1 Å². The van der Waals surface area contributed by atoms with Gasteiger partial charge in [-0.25, -0.2) is 8.42 Å². The molecular weight excluding hydrogens is 442 g/mol. The number of fused-ring (bicyclic) bond motifs is 2. The lowest BCUT2D eigenvalue weighted by Gasteiger charge is -2.25. The van der Waals surface area contributed by atoms with Gasteiger partial charge in [-0.2, -0.15) is 4.99 Å². The molecule has 0 aliphatic carbocycles. The van der Waals surface area contributed by atoms with Gasteiger partial charge in [0.1, 0.15) is 11.6 Å². The van der Waals surface area contributed by atoms with Crippen molar-refractivity contribution in [3.63, 3.8) is 0 Å². The van der Waals surface area contributed by atoms with Crippen molar-refractivity contribution >= 4 is 27.6 Å². The molecule has 2 heterocycles. The van der Waals surface area contributed by atoms with Gasteiger partial charge in [0.05, 0.1) is 18.2 Å². The van der Waals surface area contributed by atoms with Gasteiger partial charge in [-0.1, -0.05) is 35.9 Å². The third-order valence-electron chi connectivity index (χ3n) is 5.51. The molecule has 9 heteroatoms. The Bertz CT molecular complexity index is 1150. The maximum Gasteiger partial charge on any atom is 0.255 e. The second kappa shape index (κ2) is 10.4. The quantitative estimate of drug-likeness (QED) is 0.536. The number of aryl methyl sites for hydroxylation is 1. The molecule has 2 N–H and O–H groups in total. The molecule has 0 saturated carbocycles. The largest absolute Gasteiger partial charge is 0.441 e. The first kappa shape index (κ1) is 24.7. The number of carbonyl (C=O) groups excluding carboxylic acids is 1. The van der Waals surface area contributed by atoms with Gasteiger partial charge in [0, 0.05) is 25.8 Å². The molecule has 0 spiro atoms. The minimum Gasteiger partial charge on any atom is -0.441 e. The Morgan fingerprint density at radius 2 is 1.88 bits per heavy atom. The first-order valence-corrected chi connectivity index (χ1v) is 12.8. The zero-order chi connectivity index (χ0) is 24.2. The lowest BCUT2D eigenvalue weighted by Crippen LogP contribution is -2.31. The van der Waals surface area contributed by atoms with Gasteiger partial charge in [0.25, 0.3) is 5.91 Å². The summed E-state index contributed by atoms with van der Waals surface area (Å²) < 4.78 is 32.6. The number of sulfonamides is 1. The zero-order valence-electron chi connectivity index (χ0n) is 19.5. The lowest BCUT2D eigenvalue weighted by molar-refractivity contribution is -0.116. The van der Waals surface area contributed by atoms with E-state index in [0.717, 1.165) is 23.0 Å². The molecular formula is C24H31N3O5S. The average molecular weight is 474 g/mol. The number of allylic oxidation sites excluding steroid dienone is 2. The Labute approximate surface area is 195 Å². The summed E-state index contributed by atoms with van der Waals surface area (Å²) >= 11 is 0. The predicted molar refractivity (Wildman–Crippen MR) is 129 cm³/mol. The number of unbranched alkanes of at least 4 members (excludes halogenated alkanes) is 2. The molecule has 33 heavy (non-hydrogen) atoms. The summed E-state index contributed by atoms with van der Waals surface area (Å²) in [6, 6.07) is 7.65. The van der Waals surface area contributed by atoms with E-state index in [9.17, 15) is 13.2 Å². The number of amides is 1. The highest BCUT2D eigenvalue weighted by Crippen LogP contribution is 2.37. The molecule has 1 aromatic rings. The van der Waals surface area contributed by atoms with Crippen molar-refractivity contribution in [2.24, 2.45) is 4.99 Å². The molecule has 0 saturated heterocycles. The first-order valence-electron chi connectivity index (χ1n) is 10.9. The summed E-state index contributed by atoms with van der Waals surface area (Å²) in [4.78, 5) is 17.5. The maximum atomic E-state index is 12.8. The number of aliphatic hydroxyl groups excluding tert-OH is 1. The number of benzene rings is 1. The smallest absolute Gasteiger partial charge is 0.255 e. The molecule has 0 fully saturated rings. The number of aliphatic imine (C=N–C) groups is 1. The van der Waals surface area contributed by atoms with Crippen LogP contribution in [0.4, 0.5) is 0 Å². The highest BCUT2D eigenvalue weighted by atomic mass is 32.2. The molecule has 0 radical (unpaired) electrons. The number of aliphatic hydroxyl groups is 1. The Balaban J connectivity index is 2.08. The molecule has 2 aliphatic rings. The summed E-state index contributed by atoms with van der Waals surface area (Å²) in [6.45, 7) is 4.07. The fraction of sp³-hybridized carbons (Fsp3) is 0.417. The topological polar surface area (TPSA) is 108 Å². The van der Waals surface area contributed by atoms with Gasteiger partial charge in [-0.15, -0.1) is 0 Å². The SMILES string of the molecule is CNC(=O)C1=C(c2ccc(C)cc2)OC2=NC(N(CCCCCO)S(C)(=O)=O)=C(C)C=C1C2. The van der Waals surface area contributed by atoms with Crippen LogP contribution in [0.2, 0.25) is 0 Å². The van der Waals surface area contributed by atoms with Crippen LogP contribution in [0.15, 0.2) is 57.9 Å². The number of likely N-dealkylation sites (N-methyl/N-ethyl adjacent to an activating group) is 1. The molecule has 0 aromatic heterocycles. The van der Waals surface area contributed by atoms with Crippen molar-refractivity contribution in [3.05, 3.63) is 64.0 Å². The van der Waals surface area contributed by atoms with Crippen LogP contribution in [-0.2, 0) is 19.6 Å². The van der Waals surface area contributed by atoms with E-state index in [1.54, 1.807) is 14.0 Å². The van der Waals surface area contributed by atoms with Crippen molar-refractivity contribution in [2.75, 3.05) is 26.5 Å². The second-order valence-electron chi connectivity index (χ2n) is 8.23. The first-order chi connectivity index (χ1) is 15.7. The second-order valence-corrected chi connectivity index (χ2v) is 10.1. The number of nitrogens with zero attached hydrogens (tertiary/aromatic N) is 2. The number of nitrogens with one attached hydrogen (secondary N) is 1. The highest BCUT2D eigenvalue weighted by Gasteiger charge is 2.32. The monoisotopic (exact) mass is 473 g/mol. The van der Waals surface area contributed by atoms with E-state index in [-0.39, 0.29) is 31.3 Å². The van der Waals surface area contributed by atoms with Crippen LogP contribution in [0.1, 0.15) is 43.7 Å². The highest BCUT2D eigenvalue weighted by molar-refractivity contribution is 7.88. The Morgan fingerprint density at radius 3 is 2.48 bits per heavy atom. The van der Waals surface area contributed by atoms with Gasteiger partial charge in [-0.3, -0.25) is 9.10 Å². The summed E-state index contributed by atoms with van der Waals surface area (Å²) in [5.41, 5.74) is 3.58. The van der Waals surface area contributed by atoms with E-state index in [1.807, 2.05) is 37.3 Å². The summed E-state index contributed by atoms with van der Waals surface area (Å²) in [5, 5.41) is 11.7. The van der Waals surface area contributed by atoms with Crippen LogP contribution in [0.25, 0.3) is 5.76 Å². The summed E-state index contributed by atoms with van der Waals surface area (Å²) in [7, 11) is -2.04. The van der Waals surface area contributed by atoms with E-state index < -0.39 is 10.0 Å². The molecule has 3 rings (SSSR count). The van der Waals surface area contributed by atoms with Crippen LogP contribution in [0, 0.1) is 6.92 Å². The standard InChI is InChI=1S/C24H31N3O5S/c1-16-8-10-18(11-9-16)22-21(24(29)25-3)19-14-17(2)23(26-20(15-19)32-22)27(33(4,30)31)12-6-5-7-13-28/h8-11,14,28H,5-7,12-13,15H2,1-4H3,(H,25,29). The Morgan fingerprint density at radius 1 is 1.18 bits per heavy atom. The summed E-state index contributed by atoms with van der Waals surface area (Å²) in [5.74, 6) is 0.734. The van der Waals surface area contributed by atoms with E-state index >= 15 is 0 Å². The molecule has 0 unspecified atom stereocenters. The lowest BCUT2D eigenvalue weighted by atomic mass is 9.93. The van der Waals surface area contributed by atoms with E-state index in [2.05, 4.69) is 10.3 Å². The average Bonchev–Trinajstić information content (AvgIpc) is 2.88. The molecule has 2 aliphatic heterocycles. The fourth-order valence-corrected chi connectivity index (χ4v) is 4.79. The van der Waals surface area contributed by atoms with Crippen molar-refractivity contribution in [3.8, 4) is 0 Å². The number of hydrogen-bond donors (Lipinski definition) is 2. The van der Waals surface area contributed by atoms with Gasteiger partial charge in [0.2, 0.25) is 15.9 Å². The summed E-state index contributed by atoms with van der Waals surface area (Å²) in [6.07, 6.45) is 5.14. The van der Waals surface area contributed by atoms with Gasteiger partial charge >= 0.3 is 0 Å². The number of carbonyl (C=O) groups is 1. The predicted octanol–water partition coefficient (Wildman–Crippen LogP) is 2.87. The molecule has 1 amide bonds. The number of ether oxygens (including phenoxy) is 1. The molecule has 2 bridgehead atoms. The van der Waals surface area contributed by atoms with Crippen molar-refractivity contribution in [2.45, 2.75) is 39.5 Å². The van der Waals surface area contributed by atoms with Crippen LogP contribution >= 0.6 is 0 Å². The number of rotatable bonds is 9. The normalized spacial score (nSPS) is 16.0. The molecule has 8 nitrogen and oxygen atoms in total. The van der Waals surface area contributed by atoms with Crippen molar-refractivity contribution in [1.29, 1.82) is 0 Å². The van der Waals surface area contributed by atoms with Gasteiger partial charge in [0.15, 0.2) is 0 Å². The van der Waals surface area contributed by atoms with Gasteiger partial charge < -0.3 is 15.2 Å². The molecule has 0 atom stereocenters. The zero-order valence-corrected chi connectivity index (χ0v) is 20.3. The van der Waals surface area contributed by atoms with E-state index in [0.29, 0.717) is 42.1 Å².